The van der Waals surface area contributed by atoms with E-state index in [-0.39, 0.29) is 24.4 Å². The van der Waals surface area contributed by atoms with Crippen molar-refractivity contribution in [2.45, 2.75) is 33.7 Å². The number of aryl methyl sites for hydroxylation is 2. The number of carbonyl (C=O) groups is 2. The number of amides is 2. The number of ether oxygens (including phenoxy) is 2. The Bertz CT molecular complexity index is 813. The van der Waals surface area contributed by atoms with Crippen LogP contribution in [0.15, 0.2) is 28.7 Å². The standard InChI is InChI=1S/C20H26N2O5/c1-6-26-17-8-7-15(10-18(17)25-5)13(3)22-19(23)11-21-20(24)16-9-12(2)27-14(16)4/h7-10,13H,6,11H2,1-5H3,(H,21,24)(H,22,23)/t13-/m1/s1. The Hall–Kier alpha value is -2.96. The van der Waals surface area contributed by atoms with Crippen molar-refractivity contribution in [2.75, 3.05) is 20.3 Å². The van der Waals surface area contributed by atoms with E-state index in [1.165, 1.54) is 0 Å². The van der Waals surface area contributed by atoms with E-state index in [0.29, 0.717) is 35.2 Å². The van der Waals surface area contributed by atoms with Crippen molar-refractivity contribution in [3.05, 3.63) is 46.9 Å². The van der Waals surface area contributed by atoms with Crippen LogP contribution in [0.2, 0.25) is 0 Å². The molecule has 7 nitrogen and oxygen atoms in total. The molecule has 1 aromatic carbocycles. The maximum Gasteiger partial charge on any atom is 0.255 e. The molecular weight excluding hydrogens is 348 g/mol. The van der Waals surface area contributed by atoms with Crippen LogP contribution in [-0.2, 0) is 4.79 Å². The van der Waals surface area contributed by atoms with Gasteiger partial charge in [0.15, 0.2) is 11.5 Å². The Morgan fingerprint density at radius 2 is 1.93 bits per heavy atom. The van der Waals surface area contributed by atoms with E-state index in [0.717, 1.165) is 5.56 Å². The molecule has 0 bridgehead atoms. The molecule has 2 N–H and O–H groups in total. The first-order chi connectivity index (χ1) is 12.8. The van der Waals surface area contributed by atoms with Crippen LogP contribution in [0.4, 0.5) is 0 Å². The highest BCUT2D eigenvalue weighted by Gasteiger charge is 2.16. The summed E-state index contributed by atoms with van der Waals surface area (Å²) in [6.45, 7) is 7.65. The van der Waals surface area contributed by atoms with Crippen LogP contribution < -0.4 is 20.1 Å². The molecule has 0 aliphatic rings. The molecular formula is C20H26N2O5. The van der Waals surface area contributed by atoms with Crippen molar-refractivity contribution in [2.24, 2.45) is 0 Å². The van der Waals surface area contributed by atoms with Crippen molar-refractivity contribution in [3.63, 3.8) is 0 Å². The van der Waals surface area contributed by atoms with Crippen molar-refractivity contribution in [1.82, 2.24) is 10.6 Å². The number of carbonyl (C=O) groups excluding carboxylic acids is 2. The van der Waals surface area contributed by atoms with E-state index in [9.17, 15) is 9.59 Å². The average molecular weight is 374 g/mol. The predicted octanol–water partition coefficient (Wildman–Crippen LogP) is 2.91. The Morgan fingerprint density at radius 1 is 1.19 bits per heavy atom. The molecule has 1 aromatic heterocycles. The van der Waals surface area contributed by atoms with Gasteiger partial charge in [0.05, 0.1) is 31.9 Å². The molecule has 0 saturated heterocycles. The summed E-state index contributed by atoms with van der Waals surface area (Å²) in [5.41, 5.74) is 1.31. The van der Waals surface area contributed by atoms with E-state index in [1.54, 1.807) is 27.0 Å². The molecule has 0 saturated carbocycles. The molecule has 2 aromatic rings. The van der Waals surface area contributed by atoms with Gasteiger partial charge in [-0.05, 0) is 51.5 Å². The third kappa shape index (κ3) is 5.26. The number of hydrogen-bond donors (Lipinski definition) is 2. The second kappa shape index (κ2) is 9.12. The number of nitrogens with one attached hydrogen (secondary N) is 2. The van der Waals surface area contributed by atoms with Gasteiger partial charge in [-0.3, -0.25) is 9.59 Å². The molecule has 1 atom stereocenters. The molecule has 0 radical (unpaired) electrons. The van der Waals surface area contributed by atoms with Gasteiger partial charge in [-0.2, -0.15) is 0 Å². The maximum atomic E-state index is 12.2. The molecule has 1 heterocycles. The lowest BCUT2D eigenvalue weighted by molar-refractivity contribution is -0.120. The first kappa shape index (κ1) is 20.4. The second-order valence-corrected chi connectivity index (χ2v) is 6.14. The predicted molar refractivity (Wildman–Crippen MR) is 101 cm³/mol. The lowest BCUT2D eigenvalue weighted by atomic mass is 10.1. The number of benzene rings is 1. The topological polar surface area (TPSA) is 89.8 Å². The number of methoxy groups -OCH3 is 1. The van der Waals surface area contributed by atoms with Gasteiger partial charge in [0.1, 0.15) is 11.5 Å². The van der Waals surface area contributed by atoms with Gasteiger partial charge in [-0.15, -0.1) is 0 Å². The third-order valence-corrected chi connectivity index (χ3v) is 4.06. The fourth-order valence-electron chi connectivity index (χ4n) is 2.72. The molecule has 0 aliphatic carbocycles. The maximum absolute atomic E-state index is 12.2. The van der Waals surface area contributed by atoms with Gasteiger partial charge in [0, 0.05) is 0 Å². The van der Waals surface area contributed by atoms with Crippen LogP contribution in [-0.4, -0.2) is 32.1 Å². The zero-order valence-electron chi connectivity index (χ0n) is 16.3. The first-order valence-corrected chi connectivity index (χ1v) is 8.81. The lowest BCUT2D eigenvalue weighted by Crippen LogP contribution is -2.38. The van der Waals surface area contributed by atoms with Crippen molar-refractivity contribution < 1.29 is 23.5 Å². The van der Waals surface area contributed by atoms with Gasteiger partial charge in [-0.1, -0.05) is 6.07 Å². The Kier molecular flexibility index (Phi) is 6.87. The molecule has 0 aliphatic heterocycles. The van der Waals surface area contributed by atoms with Gasteiger partial charge in [0.2, 0.25) is 5.91 Å². The summed E-state index contributed by atoms with van der Waals surface area (Å²) in [4.78, 5) is 24.3. The first-order valence-electron chi connectivity index (χ1n) is 8.81. The highest BCUT2D eigenvalue weighted by Crippen LogP contribution is 2.30. The summed E-state index contributed by atoms with van der Waals surface area (Å²) in [5, 5.41) is 5.45. The summed E-state index contributed by atoms with van der Waals surface area (Å²) in [6, 6.07) is 6.90. The highest BCUT2D eigenvalue weighted by molar-refractivity contribution is 5.97. The summed E-state index contributed by atoms with van der Waals surface area (Å²) < 4.78 is 16.2. The van der Waals surface area contributed by atoms with E-state index in [2.05, 4.69) is 10.6 Å². The van der Waals surface area contributed by atoms with Crippen molar-refractivity contribution >= 4 is 11.8 Å². The van der Waals surface area contributed by atoms with Gasteiger partial charge in [0.25, 0.3) is 5.91 Å². The fraction of sp³-hybridized carbons (Fsp3) is 0.400. The molecule has 2 rings (SSSR count). The van der Waals surface area contributed by atoms with Crippen LogP contribution >= 0.6 is 0 Å². The molecule has 0 spiro atoms. The van der Waals surface area contributed by atoms with E-state index in [4.69, 9.17) is 13.9 Å². The Balaban J connectivity index is 1.93. The van der Waals surface area contributed by atoms with Gasteiger partial charge >= 0.3 is 0 Å². The summed E-state index contributed by atoms with van der Waals surface area (Å²) in [6.07, 6.45) is 0. The number of hydrogen-bond acceptors (Lipinski definition) is 5. The molecule has 7 heteroatoms. The SMILES string of the molecule is CCOc1ccc([C@@H](C)NC(=O)CNC(=O)c2cc(C)oc2C)cc1OC. The minimum Gasteiger partial charge on any atom is -0.493 e. The second-order valence-electron chi connectivity index (χ2n) is 6.14. The van der Waals surface area contributed by atoms with Gasteiger partial charge in [-0.25, -0.2) is 0 Å². The quantitative estimate of drug-likeness (QED) is 0.741. The largest absolute Gasteiger partial charge is 0.493 e. The van der Waals surface area contributed by atoms with Crippen molar-refractivity contribution in [1.29, 1.82) is 0 Å². The fourth-order valence-corrected chi connectivity index (χ4v) is 2.72. The molecule has 0 unspecified atom stereocenters. The third-order valence-electron chi connectivity index (χ3n) is 4.06. The molecule has 0 fully saturated rings. The average Bonchev–Trinajstić information content (AvgIpc) is 2.98. The van der Waals surface area contributed by atoms with E-state index in [1.807, 2.05) is 32.0 Å². The lowest BCUT2D eigenvalue weighted by Gasteiger charge is -2.17. The summed E-state index contributed by atoms with van der Waals surface area (Å²) >= 11 is 0. The summed E-state index contributed by atoms with van der Waals surface area (Å²) in [7, 11) is 1.57. The minimum atomic E-state index is -0.338. The number of furan rings is 1. The zero-order valence-corrected chi connectivity index (χ0v) is 16.3. The minimum absolute atomic E-state index is 0.124. The monoisotopic (exact) mass is 374 g/mol. The normalized spacial score (nSPS) is 11.6. The zero-order chi connectivity index (χ0) is 20.0. The van der Waals surface area contributed by atoms with E-state index >= 15 is 0 Å². The van der Waals surface area contributed by atoms with E-state index < -0.39 is 0 Å². The highest BCUT2D eigenvalue weighted by atomic mass is 16.5. The van der Waals surface area contributed by atoms with Crippen LogP contribution in [0.25, 0.3) is 0 Å². The van der Waals surface area contributed by atoms with Crippen LogP contribution in [0.3, 0.4) is 0 Å². The Morgan fingerprint density at radius 3 is 2.52 bits per heavy atom. The molecule has 146 valence electrons. The van der Waals surface area contributed by atoms with Gasteiger partial charge < -0.3 is 24.5 Å². The van der Waals surface area contributed by atoms with Crippen LogP contribution in [0.5, 0.6) is 11.5 Å². The number of rotatable bonds is 8. The smallest absolute Gasteiger partial charge is 0.255 e. The molecule has 27 heavy (non-hydrogen) atoms. The Labute approximate surface area is 159 Å². The van der Waals surface area contributed by atoms with Crippen molar-refractivity contribution in [3.8, 4) is 11.5 Å². The van der Waals surface area contributed by atoms with Crippen LogP contribution in [0.1, 0.15) is 47.3 Å². The molecule has 2 amide bonds. The van der Waals surface area contributed by atoms with Crippen LogP contribution in [0, 0.1) is 13.8 Å². The summed E-state index contributed by atoms with van der Waals surface area (Å²) in [5.74, 6) is 1.81.